The van der Waals surface area contributed by atoms with Crippen LogP contribution in [0.25, 0.3) is 11.1 Å². The standard InChI is InChI=1S/C16H19NO/c1-13-8-9-16(18-11-5-10-17)15(12-13)14-6-3-2-4-7-14/h2-4,6-9,12H,5,10-11,17H2,1H3. The van der Waals surface area contributed by atoms with Crippen LogP contribution in [-0.4, -0.2) is 13.2 Å². The molecule has 0 heterocycles. The summed E-state index contributed by atoms with van der Waals surface area (Å²) in [6, 6.07) is 16.6. The highest BCUT2D eigenvalue weighted by Gasteiger charge is 2.06. The molecule has 2 N–H and O–H groups in total. The molecule has 2 aromatic carbocycles. The zero-order valence-electron chi connectivity index (χ0n) is 10.7. The normalized spacial score (nSPS) is 10.3. The van der Waals surface area contributed by atoms with Crippen molar-refractivity contribution in [3.63, 3.8) is 0 Å². The Hall–Kier alpha value is -1.80. The average Bonchev–Trinajstić information content (AvgIpc) is 2.41. The van der Waals surface area contributed by atoms with E-state index in [9.17, 15) is 0 Å². The number of aryl methyl sites for hydroxylation is 1. The molecule has 0 radical (unpaired) electrons. The first-order chi connectivity index (χ1) is 8.81. The second-order valence-electron chi connectivity index (χ2n) is 4.36. The topological polar surface area (TPSA) is 35.2 Å². The summed E-state index contributed by atoms with van der Waals surface area (Å²) in [6.45, 7) is 3.42. The maximum absolute atomic E-state index is 5.81. The zero-order valence-corrected chi connectivity index (χ0v) is 10.7. The fourth-order valence-electron chi connectivity index (χ4n) is 1.88. The Labute approximate surface area is 108 Å². The Morgan fingerprint density at radius 2 is 1.83 bits per heavy atom. The molecule has 0 amide bonds. The monoisotopic (exact) mass is 241 g/mol. The molecular weight excluding hydrogens is 222 g/mol. The van der Waals surface area contributed by atoms with Gasteiger partial charge in [-0.15, -0.1) is 0 Å². The molecule has 0 spiro atoms. The first-order valence-electron chi connectivity index (χ1n) is 6.30. The van der Waals surface area contributed by atoms with E-state index < -0.39 is 0 Å². The van der Waals surface area contributed by atoms with Crippen LogP contribution in [0.1, 0.15) is 12.0 Å². The highest BCUT2D eigenvalue weighted by atomic mass is 16.5. The Kier molecular flexibility index (Phi) is 4.37. The maximum atomic E-state index is 5.81. The molecule has 0 atom stereocenters. The van der Waals surface area contributed by atoms with Crippen molar-refractivity contribution in [3.8, 4) is 16.9 Å². The first-order valence-corrected chi connectivity index (χ1v) is 6.30. The lowest BCUT2D eigenvalue weighted by molar-refractivity contribution is 0.314. The lowest BCUT2D eigenvalue weighted by atomic mass is 10.0. The number of hydrogen-bond donors (Lipinski definition) is 1. The average molecular weight is 241 g/mol. The van der Waals surface area contributed by atoms with Gasteiger partial charge in [0.15, 0.2) is 0 Å². The molecule has 0 aliphatic rings. The van der Waals surface area contributed by atoms with Crippen molar-refractivity contribution in [2.45, 2.75) is 13.3 Å². The summed E-state index contributed by atoms with van der Waals surface area (Å²) in [5, 5.41) is 0. The van der Waals surface area contributed by atoms with E-state index in [0.717, 1.165) is 17.7 Å². The Morgan fingerprint density at radius 1 is 1.06 bits per heavy atom. The lowest BCUT2D eigenvalue weighted by Gasteiger charge is -2.12. The van der Waals surface area contributed by atoms with E-state index in [1.54, 1.807) is 0 Å². The number of ether oxygens (including phenoxy) is 1. The van der Waals surface area contributed by atoms with Crippen LogP contribution in [0.5, 0.6) is 5.75 Å². The molecule has 0 bridgehead atoms. The van der Waals surface area contributed by atoms with E-state index in [-0.39, 0.29) is 0 Å². The van der Waals surface area contributed by atoms with Gasteiger partial charge >= 0.3 is 0 Å². The maximum Gasteiger partial charge on any atom is 0.127 e. The number of benzene rings is 2. The molecule has 0 aliphatic heterocycles. The minimum Gasteiger partial charge on any atom is -0.493 e. The fraction of sp³-hybridized carbons (Fsp3) is 0.250. The van der Waals surface area contributed by atoms with Crippen LogP contribution in [0, 0.1) is 6.92 Å². The third-order valence-corrected chi connectivity index (χ3v) is 2.83. The summed E-state index contributed by atoms with van der Waals surface area (Å²) in [6.07, 6.45) is 0.877. The Bertz CT molecular complexity index is 494. The Balaban J connectivity index is 2.29. The molecule has 0 aliphatic carbocycles. The van der Waals surface area contributed by atoms with Gasteiger partial charge in [-0.05, 0) is 37.6 Å². The molecule has 2 heteroatoms. The van der Waals surface area contributed by atoms with Gasteiger partial charge < -0.3 is 10.5 Å². The van der Waals surface area contributed by atoms with Crippen molar-refractivity contribution in [2.24, 2.45) is 5.73 Å². The van der Waals surface area contributed by atoms with E-state index in [4.69, 9.17) is 10.5 Å². The van der Waals surface area contributed by atoms with Gasteiger partial charge in [-0.2, -0.15) is 0 Å². The van der Waals surface area contributed by atoms with Crippen molar-refractivity contribution in [1.29, 1.82) is 0 Å². The summed E-state index contributed by atoms with van der Waals surface area (Å²) < 4.78 is 5.81. The van der Waals surface area contributed by atoms with Crippen molar-refractivity contribution in [2.75, 3.05) is 13.2 Å². The van der Waals surface area contributed by atoms with E-state index in [0.29, 0.717) is 13.2 Å². The van der Waals surface area contributed by atoms with Crippen LogP contribution in [0.4, 0.5) is 0 Å². The first kappa shape index (κ1) is 12.7. The van der Waals surface area contributed by atoms with Crippen LogP contribution in [0.15, 0.2) is 48.5 Å². The van der Waals surface area contributed by atoms with E-state index in [2.05, 4.69) is 31.2 Å². The largest absolute Gasteiger partial charge is 0.493 e. The molecule has 0 saturated carbocycles. The lowest BCUT2D eigenvalue weighted by Crippen LogP contribution is -2.06. The van der Waals surface area contributed by atoms with Gasteiger partial charge in [0.05, 0.1) is 6.61 Å². The highest BCUT2D eigenvalue weighted by Crippen LogP contribution is 2.30. The third-order valence-electron chi connectivity index (χ3n) is 2.83. The molecule has 0 saturated heterocycles. The molecule has 0 aromatic heterocycles. The van der Waals surface area contributed by atoms with Crippen molar-refractivity contribution >= 4 is 0 Å². The molecule has 0 unspecified atom stereocenters. The predicted molar refractivity (Wildman–Crippen MR) is 75.8 cm³/mol. The van der Waals surface area contributed by atoms with Gasteiger partial charge in [-0.25, -0.2) is 0 Å². The molecule has 2 aromatic rings. The van der Waals surface area contributed by atoms with Crippen LogP contribution in [-0.2, 0) is 0 Å². The van der Waals surface area contributed by atoms with Gasteiger partial charge in [0.25, 0.3) is 0 Å². The van der Waals surface area contributed by atoms with Gasteiger partial charge in [-0.3, -0.25) is 0 Å². The molecule has 2 nitrogen and oxygen atoms in total. The number of hydrogen-bond acceptors (Lipinski definition) is 2. The van der Waals surface area contributed by atoms with E-state index >= 15 is 0 Å². The highest BCUT2D eigenvalue weighted by molar-refractivity contribution is 5.71. The van der Waals surface area contributed by atoms with Crippen LogP contribution >= 0.6 is 0 Å². The smallest absolute Gasteiger partial charge is 0.127 e. The zero-order chi connectivity index (χ0) is 12.8. The Morgan fingerprint density at radius 3 is 2.56 bits per heavy atom. The van der Waals surface area contributed by atoms with Gasteiger partial charge in [0.1, 0.15) is 5.75 Å². The predicted octanol–water partition coefficient (Wildman–Crippen LogP) is 3.39. The summed E-state index contributed by atoms with van der Waals surface area (Å²) in [4.78, 5) is 0. The minimum atomic E-state index is 0.659. The number of rotatable bonds is 5. The van der Waals surface area contributed by atoms with Crippen molar-refractivity contribution in [3.05, 3.63) is 54.1 Å². The molecule has 18 heavy (non-hydrogen) atoms. The summed E-state index contributed by atoms with van der Waals surface area (Å²) in [5.41, 5.74) is 9.05. The van der Waals surface area contributed by atoms with E-state index in [1.807, 2.05) is 24.3 Å². The summed E-state index contributed by atoms with van der Waals surface area (Å²) in [5.74, 6) is 0.931. The van der Waals surface area contributed by atoms with Crippen molar-refractivity contribution in [1.82, 2.24) is 0 Å². The minimum absolute atomic E-state index is 0.659. The second kappa shape index (κ2) is 6.22. The molecule has 0 fully saturated rings. The fourth-order valence-corrected chi connectivity index (χ4v) is 1.88. The van der Waals surface area contributed by atoms with Gasteiger partial charge in [-0.1, -0.05) is 42.0 Å². The summed E-state index contributed by atoms with van der Waals surface area (Å²) >= 11 is 0. The molecular formula is C16H19NO. The third kappa shape index (κ3) is 3.11. The second-order valence-corrected chi connectivity index (χ2v) is 4.36. The SMILES string of the molecule is Cc1ccc(OCCCN)c(-c2ccccc2)c1. The van der Waals surface area contributed by atoms with E-state index in [1.165, 1.54) is 11.1 Å². The van der Waals surface area contributed by atoms with Crippen molar-refractivity contribution < 1.29 is 4.74 Å². The van der Waals surface area contributed by atoms with Gasteiger partial charge in [0, 0.05) is 5.56 Å². The number of nitrogens with two attached hydrogens (primary N) is 1. The van der Waals surface area contributed by atoms with Crippen LogP contribution in [0.3, 0.4) is 0 Å². The quantitative estimate of drug-likeness (QED) is 0.814. The van der Waals surface area contributed by atoms with Crippen LogP contribution in [0.2, 0.25) is 0 Å². The van der Waals surface area contributed by atoms with Crippen LogP contribution < -0.4 is 10.5 Å². The molecule has 94 valence electrons. The van der Waals surface area contributed by atoms with Gasteiger partial charge in [0.2, 0.25) is 0 Å². The summed E-state index contributed by atoms with van der Waals surface area (Å²) in [7, 11) is 0. The molecule has 2 rings (SSSR count).